The van der Waals surface area contributed by atoms with Gasteiger partial charge in [0.1, 0.15) is 0 Å². The zero-order valence-electron chi connectivity index (χ0n) is 10.2. The molecule has 0 aliphatic heterocycles. The standard InChI is InChI=1S/C11H18N6/c1-3-12-10(11-7-13-16-15-11)5-9-6-14-17(4-2)8-9/h6-8,10,12H,3-5H2,1-2H3,(H,13,15,16). The van der Waals surface area contributed by atoms with Crippen LogP contribution in [0.15, 0.2) is 18.6 Å². The van der Waals surface area contributed by atoms with Crippen LogP contribution in [-0.2, 0) is 13.0 Å². The molecule has 0 saturated heterocycles. The minimum atomic E-state index is 0.188. The Morgan fingerprint density at radius 3 is 2.88 bits per heavy atom. The highest BCUT2D eigenvalue weighted by Crippen LogP contribution is 2.15. The van der Waals surface area contributed by atoms with Gasteiger partial charge in [-0.15, -0.1) is 0 Å². The Bertz CT molecular complexity index is 433. The molecule has 92 valence electrons. The molecule has 0 bridgehead atoms. The van der Waals surface area contributed by atoms with Crippen LogP contribution in [0.4, 0.5) is 0 Å². The van der Waals surface area contributed by atoms with E-state index in [9.17, 15) is 0 Å². The lowest BCUT2D eigenvalue weighted by Gasteiger charge is -2.13. The van der Waals surface area contributed by atoms with Crippen LogP contribution in [-0.4, -0.2) is 31.7 Å². The third-order valence-electron chi connectivity index (χ3n) is 2.69. The number of aryl methyl sites for hydroxylation is 1. The van der Waals surface area contributed by atoms with Crippen LogP contribution in [0.5, 0.6) is 0 Å². The van der Waals surface area contributed by atoms with Gasteiger partial charge in [-0.05, 0) is 25.5 Å². The Labute approximate surface area is 100 Å². The molecule has 0 spiro atoms. The van der Waals surface area contributed by atoms with Crippen LogP contribution >= 0.6 is 0 Å². The first kappa shape index (κ1) is 11.8. The summed E-state index contributed by atoms with van der Waals surface area (Å²) in [6.07, 6.45) is 6.62. The molecule has 0 aliphatic rings. The van der Waals surface area contributed by atoms with Crippen molar-refractivity contribution in [2.45, 2.75) is 32.9 Å². The molecule has 1 unspecified atom stereocenters. The van der Waals surface area contributed by atoms with Gasteiger partial charge in [0.2, 0.25) is 0 Å². The van der Waals surface area contributed by atoms with Gasteiger partial charge in [0.05, 0.1) is 24.1 Å². The number of hydrogen-bond acceptors (Lipinski definition) is 4. The average molecular weight is 234 g/mol. The molecule has 0 amide bonds. The first-order valence-corrected chi connectivity index (χ1v) is 5.93. The van der Waals surface area contributed by atoms with E-state index in [1.54, 1.807) is 6.20 Å². The van der Waals surface area contributed by atoms with Crippen LogP contribution < -0.4 is 5.32 Å². The maximum Gasteiger partial charge on any atom is 0.0997 e. The number of rotatable bonds is 6. The summed E-state index contributed by atoms with van der Waals surface area (Å²) in [5, 5.41) is 18.3. The Kier molecular flexibility index (Phi) is 3.87. The van der Waals surface area contributed by atoms with Crippen molar-refractivity contribution >= 4 is 0 Å². The van der Waals surface area contributed by atoms with Crippen molar-refractivity contribution in [3.63, 3.8) is 0 Å². The SMILES string of the molecule is CCNC(Cc1cnn(CC)c1)c1cn[nH]n1. The molecule has 0 aromatic carbocycles. The lowest BCUT2D eigenvalue weighted by molar-refractivity contribution is 0.535. The second-order valence-electron chi connectivity index (χ2n) is 3.91. The van der Waals surface area contributed by atoms with E-state index in [1.807, 2.05) is 10.9 Å². The van der Waals surface area contributed by atoms with Crippen molar-refractivity contribution in [2.24, 2.45) is 0 Å². The number of nitrogens with one attached hydrogen (secondary N) is 2. The molecule has 2 N–H and O–H groups in total. The number of aromatic amines is 1. The molecule has 0 aliphatic carbocycles. The molecular formula is C11H18N6. The van der Waals surface area contributed by atoms with Crippen molar-refractivity contribution in [3.8, 4) is 0 Å². The third kappa shape index (κ3) is 2.91. The zero-order valence-corrected chi connectivity index (χ0v) is 10.2. The van der Waals surface area contributed by atoms with Crippen LogP contribution in [0.2, 0.25) is 0 Å². The summed E-state index contributed by atoms with van der Waals surface area (Å²) in [5.74, 6) is 0. The molecule has 2 rings (SSSR count). The molecule has 17 heavy (non-hydrogen) atoms. The highest BCUT2D eigenvalue weighted by Gasteiger charge is 2.14. The summed E-state index contributed by atoms with van der Waals surface area (Å²) in [7, 11) is 0. The van der Waals surface area contributed by atoms with Crippen molar-refractivity contribution < 1.29 is 0 Å². The Morgan fingerprint density at radius 1 is 1.41 bits per heavy atom. The summed E-state index contributed by atoms with van der Waals surface area (Å²) in [6, 6.07) is 0.188. The second-order valence-corrected chi connectivity index (χ2v) is 3.91. The van der Waals surface area contributed by atoms with E-state index in [0.717, 1.165) is 25.2 Å². The molecular weight excluding hydrogens is 216 g/mol. The summed E-state index contributed by atoms with van der Waals surface area (Å²) < 4.78 is 1.93. The minimum absolute atomic E-state index is 0.188. The number of aromatic nitrogens is 5. The van der Waals surface area contributed by atoms with Crippen molar-refractivity contribution in [2.75, 3.05) is 6.54 Å². The normalized spacial score (nSPS) is 12.8. The van der Waals surface area contributed by atoms with Gasteiger partial charge < -0.3 is 5.32 Å². The van der Waals surface area contributed by atoms with E-state index in [4.69, 9.17) is 0 Å². The summed E-state index contributed by atoms with van der Waals surface area (Å²) in [5.41, 5.74) is 2.15. The van der Waals surface area contributed by atoms with Gasteiger partial charge in [0, 0.05) is 12.7 Å². The molecule has 2 heterocycles. The predicted molar refractivity (Wildman–Crippen MR) is 64.4 cm³/mol. The quantitative estimate of drug-likeness (QED) is 0.779. The molecule has 1 atom stereocenters. The fourth-order valence-corrected chi connectivity index (χ4v) is 1.83. The highest BCUT2D eigenvalue weighted by atomic mass is 15.3. The average Bonchev–Trinajstić information content (AvgIpc) is 2.99. The number of hydrogen-bond donors (Lipinski definition) is 2. The van der Waals surface area contributed by atoms with E-state index < -0.39 is 0 Å². The third-order valence-corrected chi connectivity index (χ3v) is 2.69. The van der Waals surface area contributed by atoms with Gasteiger partial charge in [0.25, 0.3) is 0 Å². The number of nitrogens with zero attached hydrogens (tertiary/aromatic N) is 4. The molecule has 2 aromatic rings. The Morgan fingerprint density at radius 2 is 2.29 bits per heavy atom. The van der Waals surface area contributed by atoms with Gasteiger partial charge in [-0.1, -0.05) is 6.92 Å². The van der Waals surface area contributed by atoms with Crippen LogP contribution in [0.25, 0.3) is 0 Å². The monoisotopic (exact) mass is 234 g/mol. The first-order valence-electron chi connectivity index (χ1n) is 5.93. The molecule has 0 radical (unpaired) electrons. The largest absolute Gasteiger partial charge is 0.309 e. The van der Waals surface area contributed by atoms with E-state index in [-0.39, 0.29) is 6.04 Å². The van der Waals surface area contributed by atoms with E-state index >= 15 is 0 Å². The maximum atomic E-state index is 4.27. The van der Waals surface area contributed by atoms with E-state index in [2.05, 4.69) is 45.9 Å². The van der Waals surface area contributed by atoms with Gasteiger partial charge in [-0.3, -0.25) is 4.68 Å². The topological polar surface area (TPSA) is 71.4 Å². The van der Waals surface area contributed by atoms with E-state index in [1.165, 1.54) is 5.56 Å². The summed E-state index contributed by atoms with van der Waals surface area (Å²) in [6.45, 7) is 5.97. The van der Waals surface area contributed by atoms with Crippen molar-refractivity contribution in [1.82, 2.24) is 30.5 Å². The lowest BCUT2D eigenvalue weighted by atomic mass is 10.1. The maximum absolute atomic E-state index is 4.27. The van der Waals surface area contributed by atoms with Gasteiger partial charge in [0.15, 0.2) is 0 Å². The second kappa shape index (κ2) is 5.58. The molecule has 0 saturated carbocycles. The molecule has 6 nitrogen and oxygen atoms in total. The van der Waals surface area contributed by atoms with Crippen molar-refractivity contribution in [3.05, 3.63) is 29.8 Å². The van der Waals surface area contributed by atoms with Crippen LogP contribution in [0, 0.1) is 0 Å². The first-order chi connectivity index (χ1) is 8.33. The predicted octanol–water partition coefficient (Wildman–Crippen LogP) is 0.914. The van der Waals surface area contributed by atoms with E-state index in [0.29, 0.717) is 0 Å². The molecule has 2 aromatic heterocycles. The van der Waals surface area contributed by atoms with Gasteiger partial charge in [-0.25, -0.2) is 0 Å². The summed E-state index contributed by atoms with van der Waals surface area (Å²) >= 11 is 0. The number of likely N-dealkylation sites (N-methyl/N-ethyl adjacent to an activating group) is 1. The molecule has 6 heteroatoms. The lowest BCUT2D eigenvalue weighted by Crippen LogP contribution is -2.23. The van der Waals surface area contributed by atoms with Gasteiger partial charge in [-0.2, -0.15) is 20.5 Å². The van der Waals surface area contributed by atoms with Crippen LogP contribution in [0.3, 0.4) is 0 Å². The fraction of sp³-hybridized carbons (Fsp3) is 0.545. The Hall–Kier alpha value is -1.69. The van der Waals surface area contributed by atoms with Crippen molar-refractivity contribution in [1.29, 1.82) is 0 Å². The minimum Gasteiger partial charge on any atom is -0.309 e. The smallest absolute Gasteiger partial charge is 0.0997 e. The number of H-pyrrole nitrogens is 1. The fourth-order valence-electron chi connectivity index (χ4n) is 1.83. The van der Waals surface area contributed by atoms with Gasteiger partial charge >= 0.3 is 0 Å². The zero-order chi connectivity index (χ0) is 12.1. The van der Waals surface area contributed by atoms with Crippen LogP contribution in [0.1, 0.15) is 31.1 Å². The Balaban J connectivity index is 2.07. The highest BCUT2D eigenvalue weighted by molar-refractivity contribution is 5.11. The molecule has 0 fully saturated rings. The summed E-state index contributed by atoms with van der Waals surface area (Å²) in [4.78, 5) is 0.